The molecule has 3 aromatic rings. The van der Waals surface area contributed by atoms with Gasteiger partial charge in [0.1, 0.15) is 11.5 Å². The van der Waals surface area contributed by atoms with Gasteiger partial charge in [-0.1, -0.05) is 29.5 Å². The topological polar surface area (TPSA) is 52.8 Å². The van der Waals surface area contributed by atoms with E-state index in [4.69, 9.17) is 9.47 Å². The Labute approximate surface area is 155 Å². The second-order valence-corrected chi connectivity index (χ2v) is 6.66. The SMILES string of the molecule is C=CCn1c(=NC(=O)Cc2cccc(OC)c2)sc2cc(OC)ccc21. The maximum atomic E-state index is 12.5. The lowest BCUT2D eigenvalue weighted by Crippen LogP contribution is -2.16. The molecule has 0 saturated carbocycles. The number of carbonyl (C=O) groups is 1. The van der Waals surface area contributed by atoms with E-state index in [-0.39, 0.29) is 12.3 Å². The number of fused-ring (bicyclic) bond motifs is 1. The largest absolute Gasteiger partial charge is 0.497 e. The Balaban J connectivity index is 1.97. The molecule has 0 radical (unpaired) electrons. The Morgan fingerprint density at radius 1 is 1.19 bits per heavy atom. The molecule has 0 spiro atoms. The van der Waals surface area contributed by atoms with Crippen LogP contribution in [-0.4, -0.2) is 24.7 Å². The Morgan fingerprint density at radius 2 is 1.96 bits per heavy atom. The van der Waals surface area contributed by atoms with Crippen LogP contribution in [0.1, 0.15) is 5.56 Å². The summed E-state index contributed by atoms with van der Waals surface area (Å²) in [6, 6.07) is 13.3. The van der Waals surface area contributed by atoms with Crippen molar-refractivity contribution in [3.05, 3.63) is 65.5 Å². The zero-order chi connectivity index (χ0) is 18.5. The lowest BCUT2D eigenvalue weighted by molar-refractivity contribution is -0.117. The Kier molecular flexibility index (Phi) is 5.53. The molecule has 1 heterocycles. The van der Waals surface area contributed by atoms with Crippen LogP contribution in [0.3, 0.4) is 0 Å². The number of methoxy groups -OCH3 is 2. The highest BCUT2D eigenvalue weighted by atomic mass is 32.1. The van der Waals surface area contributed by atoms with Crippen LogP contribution < -0.4 is 14.3 Å². The summed E-state index contributed by atoms with van der Waals surface area (Å²) < 4.78 is 13.5. The van der Waals surface area contributed by atoms with Crippen molar-refractivity contribution in [3.8, 4) is 11.5 Å². The zero-order valence-corrected chi connectivity index (χ0v) is 15.6. The van der Waals surface area contributed by atoms with Crippen LogP contribution in [0.15, 0.2) is 60.1 Å². The number of rotatable bonds is 6. The van der Waals surface area contributed by atoms with Crippen LogP contribution in [0.2, 0.25) is 0 Å². The fourth-order valence-corrected chi connectivity index (χ4v) is 3.76. The number of nitrogens with zero attached hydrogens (tertiary/aromatic N) is 2. The van der Waals surface area contributed by atoms with Gasteiger partial charge in [-0.25, -0.2) is 0 Å². The van der Waals surface area contributed by atoms with Gasteiger partial charge < -0.3 is 14.0 Å². The van der Waals surface area contributed by atoms with Crippen molar-refractivity contribution in [2.75, 3.05) is 14.2 Å². The summed E-state index contributed by atoms with van der Waals surface area (Å²) in [5.41, 5.74) is 1.87. The molecule has 1 amide bonds. The van der Waals surface area contributed by atoms with Crippen LogP contribution in [0, 0.1) is 0 Å². The third-order valence-corrected chi connectivity index (χ3v) is 4.95. The first-order valence-electron chi connectivity index (χ1n) is 8.13. The second-order valence-electron chi connectivity index (χ2n) is 5.65. The second kappa shape index (κ2) is 8.01. The zero-order valence-electron chi connectivity index (χ0n) is 14.8. The molecule has 6 heteroatoms. The maximum Gasteiger partial charge on any atom is 0.252 e. The number of benzene rings is 2. The smallest absolute Gasteiger partial charge is 0.252 e. The molecule has 2 aromatic carbocycles. The first kappa shape index (κ1) is 17.9. The molecule has 0 N–H and O–H groups in total. The fraction of sp³-hybridized carbons (Fsp3) is 0.200. The van der Waals surface area contributed by atoms with Gasteiger partial charge in [-0.3, -0.25) is 4.79 Å². The Hall–Kier alpha value is -2.86. The van der Waals surface area contributed by atoms with Crippen molar-refractivity contribution in [2.45, 2.75) is 13.0 Å². The van der Waals surface area contributed by atoms with Crippen molar-refractivity contribution < 1.29 is 14.3 Å². The van der Waals surface area contributed by atoms with Gasteiger partial charge in [0, 0.05) is 6.54 Å². The molecule has 134 valence electrons. The van der Waals surface area contributed by atoms with Crippen LogP contribution in [0.25, 0.3) is 10.2 Å². The molecule has 0 unspecified atom stereocenters. The van der Waals surface area contributed by atoms with E-state index in [9.17, 15) is 4.79 Å². The van der Waals surface area contributed by atoms with Crippen molar-refractivity contribution in [2.24, 2.45) is 4.99 Å². The van der Waals surface area contributed by atoms with E-state index >= 15 is 0 Å². The highest BCUT2D eigenvalue weighted by Gasteiger charge is 2.09. The highest BCUT2D eigenvalue weighted by Crippen LogP contribution is 2.23. The van der Waals surface area contributed by atoms with Gasteiger partial charge in [0.2, 0.25) is 0 Å². The van der Waals surface area contributed by atoms with E-state index in [2.05, 4.69) is 11.6 Å². The lowest BCUT2D eigenvalue weighted by atomic mass is 10.1. The monoisotopic (exact) mass is 368 g/mol. The van der Waals surface area contributed by atoms with Crippen LogP contribution >= 0.6 is 11.3 Å². The van der Waals surface area contributed by atoms with E-state index in [1.54, 1.807) is 20.3 Å². The number of hydrogen-bond donors (Lipinski definition) is 0. The Morgan fingerprint density at radius 3 is 2.69 bits per heavy atom. The summed E-state index contributed by atoms with van der Waals surface area (Å²) in [5.74, 6) is 1.30. The van der Waals surface area contributed by atoms with Gasteiger partial charge in [-0.05, 0) is 35.9 Å². The average molecular weight is 368 g/mol. The lowest BCUT2D eigenvalue weighted by Gasteiger charge is -2.03. The van der Waals surface area contributed by atoms with E-state index < -0.39 is 0 Å². The molecule has 0 fully saturated rings. The third kappa shape index (κ3) is 3.86. The molecule has 0 aliphatic carbocycles. The molecule has 0 atom stereocenters. The van der Waals surface area contributed by atoms with Crippen molar-refractivity contribution in [3.63, 3.8) is 0 Å². The minimum absolute atomic E-state index is 0.199. The fourth-order valence-electron chi connectivity index (χ4n) is 2.67. The van der Waals surface area contributed by atoms with Gasteiger partial charge in [0.25, 0.3) is 5.91 Å². The summed E-state index contributed by atoms with van der Waals surface area (Å²) in [6.45, 7) is 4.38. The number of allylic oxidation sites excluding steroid dienone is 1. The number of ether oxygens (including phenoxy) is 2. The van der Waals surface area contributed by atoms with Crippen molar-refractivity contribution >= 4 is 27.5 Å². The first-order valence-corrected chi connectivity index (χ1v) is 8.95. The number of hydrogen-bond acceptors (Lipinski definition) is 4. The van der Waals surface area contributed by atoms with Gasteiger partial charge in [-0.15, -0.1) is 6.58 Å². The summed E-state index contributed by atoms with van der Waals surface area (Å²) in [7, 11) is 3.24. The molecule has 0 aliphatic heterocycles. The standard InChI is InChI=1S/C20H20N2O3S/c1-4-10-22-17-9-8-16(25-3)13-18(17)26-20(22)21-19(23)12-14-6-5-7-15(11-14)24-2/h4-9,11,13H,1,10,12H2,2-3H3. The molecule has 0 aliphatic rings. The van der Waals surface area contributed by atoms with Crippen LogP contribution in [0.5, 0.6) is 11.5 Å². The van der Waals surface area contributed by atoms with E-state index in [0.717, 1.165) is 27.3 Å². The number of amides is 1. The minimum atomic E-state index is -0.199. The summed E-state index contributed by atoms with van der Waals surface area (Å²) in [4.78, 5) is 17.5. The maximum absolute atomic E-state index is 12.5. The van der Waals surface area contributed by atoms with E-state index in [1.165, 1.54) is 11.3 Å². The predicted octanol–water partition coefficient (Wildman–Crippen LogP) is 3.58. The average Bonchev–Trinajstić information content (AvgIpc) is 2.98. The van der Waals surface area contributed by atoms with Gasteiger partial charge in [0.05, 0.1) is 30.9 Å². The summed E-state index contributed by atoms with van der Waals surface area (Å²) in [5, 5.41) is 0. The van der Waals surface area contributed by atoms with Crippen LogP contribution in [-0.2, 0) is 17.8 Å². The Bertz CT molecular complexity index is 1020. The summed E-state index contributed by atoms with van der Waals surface area (Å²) in [6.07, 6.45) is 2.02. The summed E-state index contributed by atoms with van der Waals surface area (Å²) >= 11 is 1.46. The quantitative estimate of drug-likeness (QED) is 0.625. The normalized spacial score (nSPS) is 11.5. The third-order valence-electron chi connectivity index (χ3n) is 3.91. The molecule has 5 nitrogen and oxygen atoms in total. The van der Waals surface area contributed by atoms with E-state index in [1.807, 2.05) is 47.0 Å². The van der Waals surface area contributed by atoms with Gasteiger partial charge in [0.15, 0.2) is 4.80 Å². The number of aromatic nitrogens is 1. The molecule has 26 heavy (non-hydrogen) atoms. The molecule has 3 rings (SSSR count). The molecular formula is C20H20N2O3S. The molecular weight excluding hydrogens is 348 g/mol. The van der Waals surface area contributed by atoms with E-state index in [0.29, 0.717) is 11.3 Å². The molecule has 0 bridgehead atoms. The highest BCUT2D eigenvalue weighted by molar-refractivity contribution is 7.16. The number of carbonyl (C=O) groups excluding carboxylic acids is 1. The molecule has 0 saturated heterocycles. The van der Waals surface area contributed by atoms with Crippen molar-refractivity contribution in [1.29, 1.82) is 0 Å². The van der Waals surface area contributed by atoms with Gasteiger partial charge in [-0.2, -0.15) is 4.99 Å². The first-order chi connectivity index (χ1) is 12.6. The van der Waals surface area contributed by atoms with Crippen LogP contribution in [0.4, 0.5) is 0 Å². The molecule has 1 aromatic heterocycles. The van der Waals surface area contributed by atoms with Crippen molar-refractivity contribution in [1.82, 2.24) is 4.57 Å². The van der Waals surface area contributed by atoms with Gasteiger partial charge >= 0.3 is 0 Å². The minimum Gasteiger partial charge on any atom is -0.497 e. The number of thiazole rings is 1. The predicted molar refractivity (Wildman–Crippen MR) is 104 cm³/mol.